The molecule has 2 nitrogen and oxygen atoms in total. The van der Waals surface area contributed by atoms with Crippen molar-refractivity contribution in [2.45, 2.75) is 45.6 Å². The number of nitrogens with zero attached hydrogens (tertiary/aromatic N) is 2. The van der Waals surface area contributed by atoms with Crippen LogP contribution in [0.25, 0.3) is 0 Å². The van der Waals surface area contributed by atoms with Crippen LogP contribution in [0.5, 0.6) is 0 Å². The van der Waals surface area contributed by atoms with Crippen LogP contribution in [-0.2, 0) is 6.42 Å². The van der Waals surface area contributed by atoms with Crippen molar-refractivity contribution in [2.24, 2.45) is 0 Å². The van der Waals surface area contributed by atoms with Crippen LogP contribution in [0.2, 0.25) is 0 Å². The Morgan fingerprint density at radius 3 is 2.56 bits per heavy atom. The van der Waals surface area contributed by atoms with E-state index in [0.29, 0.717) is 6.04 Å². The second-order valence-corrected chi connectivity index (χ2v) is 4.73. The number of benzene rings is 1. The fraction of sp³-hybridized carbons (Fsp3) is 0.438. The second kappa shape index (κ2) is 6.39. The molecular formula is C16H22N2. The predicted molar refractivity (Wildman–Crippen MR) is 75.7 cm³/mol. The van der Waals surface area contributed by atoms with Crippen molar-refractivity contribution in [1.82, 2.24) is 9.55 Å². The molecule has 2 rings (SSSR count). The zero-order valence-electron chi connectivity index (χ0n) is 11.3. The van der Waals surface area contributed by atoms with Crippen molar-refractivity contribution in [3.63, 3.8) is 0 Å². The quantitative estimate of drug-likeness (QED) is 0.741. The standard InChI is InChI=1S/C16H22N2/c1-3-5-11-16(14-9-7-6-8-10-14)18-12-15(4-2)17-13-18/h6-10,12-13,16H,3-5,11H2,1-2H3. The Kier molecular flexibility index (Phi) is 4.57. The van der Waals surface area contributed by atoms with Crippen molar-refractivity contribution >= 4 is 0 Å². The molecule has 96 valence electrons. The molecule has 0 bridgehead atoms. The summed E-state index contributed by atoms with van der Waals surface area (Å²) in [4.78, 5) is 4.45. The number of unbranched alkanes of at least 4 members (excludes halogenated alkanes) is 1. The third kappa shape index (κ3) is 3.00. The number of rotatable bonds is 6. The van der Waals surface area contributed by atoms with E-state index in [1.165, 1.54) is 30.5 Å². The molecule has 0 fully saturated rings. The largest absolute Gasteiger partial charge is 0.330 e. The molecule has 18 heavy (non-hydrogen) atoms. The summed E-state index contributed by atoms with van der Waals surface area (Å²) in [7, 11) is 0. The summed E-state index contributed by atoms with van der Waals surface area (Å²) in [6, 6.07) is 11.2. The van der Waals surface area contributed by atoms with E-state index in [-0.39, 0.29) is 0 Å². The van der Waals surface area contributed by atoms with Gasteiger partial charge in [0.05, 0.1) is 18.1 Å². The van der Waals surface area contributed by atoms with Gasteiger partial charge >= 0.3 is 0 Å². The van der Waals surface area contributed by atoms with Crippen molar-refractivity contribution in [3.8, 4) is 0 Å². The first-order valence-electron chi connectivity index (χ1n) is 6.92. The van der Waals surface area contributed by atoms with Gasteiger partial charge in [0.15, 0.2) is 0 Å². The van der Waals surface area contributed by atoms with Crippen molar-refractivity contribution < 1.29 is 0 Å². The van der Waals surface area contributed by atoms with Crippen molar-refractivity contribution in [3.05, 3.63) is 54.1 Å². The molecule has 0 saturated heterocycles. The molecule has 0 radical (unpaired) electrons. The van der Waals surface area contributed by atoms with Crippen LogP contribution in [0, 0.1) is 0 Å². The van der Waals surface area contributed by atoms with E-state index < -0.39 is 0 Å². The van der Waals surface area contributed by atoms with Gasteiger partial charge in [0.25, 0.3) is 0 Å². The summed E-state index contributed by atoms with van der Waals surface area (Å²) in [5, 5.41) is 0. The highest BCUT2D eigenvalue weighted by Gasteiger charge is 2.13. The lowest BCUT2D eigenvalue weighted by Gasteiger charge is -2.18. The molecule has 0 saturated carbocycles. The van der Waals surface area contributed by atoms with Crippen LogP contribution in [0.15, 0.2) is 42.9 Å². The lowest BCUT2D eigenvalue weighted by molar-refractivity contribution is 0.514. The van der Waals surface area contributed by atoms with E-state index in [4.69, 9.17) is 0 Å². The molecule has 1 heterocycles. The molecule has 0 N–H and O–H groups in total. The number of hydrogen-bond acceptors (Lipinski definition) is 1. The Morgan fingerprint density at radius 2 is 1.94 bits per heavy atom. The van der Waals surface area contributed by atoms with Crippen LogP contribution in [0.3, 0.4) is 0 Å². The molecule has 1 unspecified atom stereocenters. The third-order valence-electron chi connectivity index (χ3n) is 3.39. The minimum absolute atomic E-state index is 0.430. The summed E-state index contributed by atoms with van der Waals surface area (Å²) in [6.07, 6.45) is 8.83. The van der Waals surface area contributed by atoms with Crippen LogP contribution in [0.4, 0.5) is 0 Å². The molecule has 2 heteroatoms. The zero-order valence-corrected chi connectivity index (χ0v) is 11.3. The minimum Gasteiger partial charge on any atom is -0.330 e. The van der Waals surface area contributed by atoms with E-state index in [1.807, 2.05) is 6.33 Å². The van der Waals surface area contributed by atoms with Gasteiger partial charge in [-0.15, -0.1) is 0 Å². The highest BCUT2D eigenvalue weighted by Crippen LogP contribution is 2.24. The first kappa shape index (κ1) is 12.9. The van der Waals surface area contributed by atoms with Crippen LogP contribution < -0.4 is 0 Å². The van der Waals surface area contributed by atoms with Gasteiger partial charge in [-0.2, -0.15) is 0 Å². The fourth-order valence-electron chi connectivity index (χ4n) is 2.29. The Hall–Kier alpha value is -1.57. The lowest BCUT2D eigenvalue weighted by Crippen LogP contribution is -2.08. The molecule has 0 aliphatic carbocycles. The van der Waals surface area contributed by atoms with Gasteiger partial charge in [-0.25, -0.2) is 4.98 Å². The Labute approximate surface area is 110 Å². The van der Waals surface area contributed by atoms with E-state index in [0.717, 1.165) is 6.42 Å². The van der Waals surface area contributed by atoms with Gasteiger partial charge in [0.2, 0.25) is 0 Å². The SMILES string of the molecule is CCCCC(c1ccccc1)n1cnc(CC)c1. The zero-order chi connectivity index (χ0) is 12.8. The Morgan fingerprint density at radius 1 is 1.17 bits per heavy atom. The van der Waals surface area contributed by atoms with Crippen molar-refractivity contribution in [1.29, 1.82) is 0 Å². The monoisotopic (exact) mass is 242 g/mol. The molecule has 2 aromatic rings. The lowest BCUT2D eigenvalue weighted by atomic mass is 10.0. The maximum Gasteiger partial charge on any atom is 0.0955 e. The first-order chi connectivity index (χ1) is 8.85. The minimum atomic E-state index is 0.430. The normalized spacial score (nSPS) is 12.6. The summed E-state index contributed by atoms with van der Waals surface area (Å²) >= 11 is 0. The topological polar surface area (TPSA) is 17.8 Å². The van der Waals surface area contributed by atoms with Gasteiger partial charge in [-0.1, -0.05) is 57.0 Å². The summed E-state index contributed by atoms with van der Waals surface area (Å²) in [5.41, 5.74) is 2.55. The fourth-order valence-corrected chi connectivity index (χ4v) is 2.29. The molecule has 0 spiro atoms. The Balaban J connectivity index is 2.24. The third-order valence-corrected chi connectivity index (χ3v) is 3.39. The molecule has 0 aliphatic heterocycles. The summed E-state index contributed by atoms with van der Waals surface area (Å²) in [5.74, 6) is 0. The Bertz CT molecular complexity index is 459. The van der Waals surface area contributed by atoms with E-state index >= 15 is 0 Å². The number of aryl methyl sites for hydroxylation is 1. The number of aromatic nitrogens is 2. The molecule has 1 aromatic carbocycles. The average Bonchev–Trinajstić information content (AvgIpc) is 2.89. The van der Waals surface area contributed by atoms with Gasteiger partial charge in [-0.05, 0) is 18.4 Å². The highest BCUT2D eigenvalue weighted by molar-refractivity contribution is 5.20. The second-order valence-electron chi connectivity index (χ2n) is 4.73. The molecule has 0 amide bonds. The summed E-state index contributed by atoms with van der Waals surface area (Å²) in [6.45, 7) is 4.39. The van der Waals surface area contributed by atoms with Gasteiger partial charge in [0, 0.05) is 6.20 Å². The molecule has 1 atom stereocenters. The number of imidazole rings is 1. The van der Waals surface area contributed by atoms with E-state index in [2.05, 4.69) is 59.9 Å². The molecular weight excluding hydrogens is 220 g/mol. The van der Waals surface area contributed by atoms with Gasteiger partial charge < -0.3 is 4.57 Å². The van der Waals surface area contributed by atoms with Crippen LogP contribution >= 0.6 is 0 Å². The molecule has 1 aromatic heterocycles. The van der Waals surface area contributed by atoms with Gasteiger partial charge in [-0.3, -0.25) is 0 Å². The molecule has 0 aliphatic rings. The summed E-state index contributed by atoms with van der Waals surface area (Å²) < 4.78 is 2.27. The number of hydrogen-bond donors (Lipinski definition) is 0. The van der Waals surface area contributed by atoms with E-state index in [1.54, 1.807) is 0 Å². The predicted octanol–water partition coefficient (Wildman–Crippen LogP) is 4.23. The van der Waals surface area contributed by atoms with Crippen LogP contribution in [-0.4, -0.2) is 9.55 Å². The van der Waals surface area contributed by atoms with E-state index in [9.17, 15) is 0 Å². The highest BCUT2D eigenvalue weighted by atomic mass is 15.1. The average molecular weight is 242 g/mol. The van der Waals surface area contributed by atoms with Crippen molar-refractivity contribution in [2.75, 3.05) is 0 Å². The maximum atomic E-state index is 4.45. The first-order valence-corrected chi connectivity index (χ1v) is 6.92. The van der Waals surface area contributed by atoms with Gasteiger partial charge in [0.1, 0.15) is 0 Å². The maximum absolute atomic E-state index is 4.45. The van der Waals surface area contributed by atoms with Crippen LogP contribution in [0.1, 0.15) is 50.4 Å². The smallest absolute Gasteiger partial charge is 0.0955 e.